The molecule has 2 heterocycles. The second-order valence-corrected chi connectivity index (χ2v) is 5.65. The smallest absolute Gasteiger partial charge is 0.161 e. The van der Waals surface area contributed by atoms with Crippen molar-refractivity contribution in [2.45, 2.75) is 39.8 Å². The van der Waals surface area contributed by atoms with Crippen LogP contribution in [0.5, 0.6) is 5.75 Å². The van der Waals surface area contributed by atoms with E-state index < -0.39 is 0 Å². The Morgan fingerprint density at radius 2 is 2.25 bits per heavy atom. The highest BCUT2D eigenvalue weighted by Gasteiger charge is 2.24. The van der Waals surface area contributed by atoms with Crippen molar-refractivity contribution in [1.82, 2.24) is 20.1 Å². The molecule has 0 fully saturated rings. The molecule has 0 aromatic carbocycles. The molecule has 2 aromatic rings. The van der Waals surface area contributed by atoms with Crippen LogP contribution in [-0.4, -0.2) is 28.4 Å². The van der Waals surface area contributed by atoms with E-state index in [1.54, 1.807) is 24.6 Å². The largest absolute Gasteiger partial charge is 0.493 e. The monoisotopic (exact) mass is 294 g/mol. The third-order valence-electron chi connectivity index (χ3n) is 3.17. The van der Waals surface area contributed by atoms with Gasteiger partial charge in [0.1, 0.15) is 5.69 Å². The van der Waals surface area contributed by atoms with Crippen LogP contribution in [0.3, 0.4) is 0 Å². The fourth-order valence-corrected chi connectivity index (χ4v) is 2.86. The molecule has 2 aromatic heterocycles. The Morgan fingerprint density at radius 1 is 1.45 bits per heavy atom. The lowest BCUT2D eigenvalue weighted by molar-refractivity contribution is 0.398. The molecular formula is C14H22N4OS. The molecule has 0 amide bonds. The molecule has 0 radical (unpaired) electrons. The molecule has 2 rings (SSSR count). The Bertz CT molecular complexity index is 528. The molecule has 6 heteroatoms. The van der Waals surface area contributed by atoms with Gasteiger partial charge in [-0.15, -0.1) is 11.3 Å². The van der Waals surface area contributed by atoms with Gasteiger partial charge in [0.15, 0.2) is 5.75 Å². The predicted octanol–water partition coefficient (Wildman–Crippen LogP) is 2.77. The van der Waals surface area contributed by atoms with Gasteiger partial charge < -0.3 is 10.1 Å². The molecule has 0 aliphatic rings. The summed E-state index contributed by atoms with van der Waals surface area (Å²) in [6.45, 7) is 8.01. The van der Waals surface area contributed by atoms with Crippen LogP contribution >= 0.6 is 11.3 Å². The van der Waals surface area contributed by atoms with Gasteiger partial charge in [-0.1, -0.05) is 6.92 Å². The lowest BCUT2D eigenvalue weighted by Gasteiger charge is -2.19. The third kappa shape index (κ3) is 3.02. The summed E-state index contributed by atoms with van der Waals surface area (Å²) in [6.07, 6.45) is 2.85. The molecule has 0 saturated carbocycles. The van der Waals surface area contributed by atoms with Crippen molar-refractivity contribution in [1.29, 1.82) is 0 Å². The zero-order chi connectivity index (χ0) is 14.5. The Balaban J connectivity index is 2.42. The van der Waals surface area contributed by atoms with Gasteiger partial charge in [0, 0.05) is 11.9 Å². The number of hydrogen-bond donors (Lipinski definition) is 1. The van der Waals surface area contributed by atoms with E-state index in [0.717, 1.165) is 41.7 Å². The standard InChI is InChI=1S/C14H22N4OS/c1-5-7-15-13(11-9-20-10(3)17-11)14-12(19-4)8-16-18(14)6-2/h8-9,13,15H,5-7H2,1-4H3. The van der Waals surface area contributed by atoms with Crippen LogP contribution in [0.4, 0.5) is 0 Å². The molecule has 5 nitrogen and oxygen atoms in total. The number of rotatable bonds is 7. The van der Waals surface area contributed by atoms with E-state index in [2.05, 4.69) is 34.6 Å². The highest BCUT2D eigenvalue weighted by Crippen LogP contribution is 2.30. The van der Waals surface area contributed by atoms with Crippen LogP contribution in [0, 0.1) is 6.92 Å². The molecule has 0 saturated heterocycles. The number of thiazole rings is 1. The van der Waals surface area contributed by atoms with Crippen LogP contribution < -0.4 is 10.1 Å². The Kier molecular flexibility index (Phi) is 5.14. The van der Waals surface area contributed by atoms with Gasteiger partial charge in [-0.3, -0.25) is 4.68 Å². The van der Waals surface area contributed by atoms with Gasteiger partial charge >= 0.3 is 0 Å². The number of methoxy groups -OCH3 is 1. The highest BCUT2D eigenvalue weighted by molar-refractivity contribution is 7.09. The number of aryl methyl sites for hydroxylation is 2. The molecule has 20 heavy (non-hydrogen) atoms. The first-order valence-electron chi connectivity index (χ1n) is 6.96. The Labute approximate surface area is 124 Å². The second kappa shape index (κ2) is 6.85. The van der Waals surface area contributed by atoms with E-state index in [0.29, 0.717) is 0 Å². The first-order valence-corrected chi connectivity index (χ1v) is 7.84. The number of nitrogens with one attached hydrogen (secondary N) is 1. The number of hydrogen-bond acceptors (Lipinski definition) is 5. The maximum Gasteiger partial charge on any atom is 0.161 e. The summed E-state index contributed by atoms with van der Waals surface area (Å²) < 4.78 is 7.44. The Morgan fingerprint density at radius 3 is 2.80 bits per heavy atom. The molecule has 0 aliphatic carbocycles. The summed E-state index contributed by atoms with van der Waals surface area (Å²) in [5, 5.41) is 11.1. The minimum Gasteiger partial charge on any atom is -0.493 e. The SMILES string of the molecule is CCCNC(c1csc(C)n1)c1c(OC)cnn1CC. The second-order valence-electron chi connectivity index (χ2n) is 4.59. The van der Waals surface area contributed by atoms with Gasteiger partial charge in [-0.2, -0.15) is 5.10 Å². The van der Waals surface area contributed by atoms with Crippen molar-refractivity contribution in [2.75, 3.05) is 13.7 Å². The van der Waals surface area contributed by atoms with Crippen LogP contribution in [0.1, 0.15) is 42.7 Å². The van der Waals surface area contributed by atoms with Gasteiger partial charge in [0.2, 0.25) is 0 Å². The maximum absolute atomic E-state index is 5.47. The quantitative estimate of drug-likeness (QED) is 0.853. The van der Waals surface area contributed by atoms with Crippen LogP contribution in [0.2, 0.25) is 0 Å². The van der Waals surface area contributed by atoms with Crippen molar-refractivity contribution in [3.05, 3.63) is 28.0 Å². The average Bonchev–Trinajstić information content (AvgIpc) is 3.06. The summed E-state index contributed by atoms with van der Waals surface area (Å²) in [7, 11) is 1.68. The summed E-state index contributed by atoms with van der Waals surface area (Å²) in [5.74, 6) is 0.811. The van der Waals surface area contributed by atoms with Crippen molar-refractivity contribution < 1.29 is 4.74 Å². The van der Waals surface area contributed by atoms with Crippen molar-refractivity contribution >= 4 is 11.3 Å². The topological polar surface area (TPSA) is 52.0 Å². The molecule has 1 atom stereocenters. The van der Waals surface area contributed by atoms with Crippen molar-refractivity contribution in [3.8, 4) is 5.75 Å². The molecular weight excluding hydrogens is 272 g/mol. The van der Waals surface area contributed by atoms with E-state index >= 15 is 0 Å². The van der Waals surface area contributed by atoms with Crippen LogP contribution in [0.15, 0.2) is 11.6 Å². The first kappa shape index (κ1) is 15.0. The van der Waals surface area contributed by atoms with Crippen LogP contribution in [-0.2, 0) is 6.54 Å². The Hall–Kier alpha value is -1.40. The van der Waals surface area contributed by atoms with E-state index in [9.17, 15) is 0 Å². The molecule has 110 valence electrons. The molecule has 0 bridgehead atoms. The molecule has 1 N–H and O–H groups in total. The number of ether oxygens (including phenoxy) is 1. The summed E-state index contributed by atoms with van der Waals surface area (Å²) in [6, 6.07) is 0.0253. The maximum atomic E-state index is 5.47. The van der Waals surface area contributed by atoms with Crippen molar-refractivity contribution in [2.24, 2.45) is 0 Å². The predicted molar refractivity (Wildman–Crippen MR) is 81.4 cm³/mol. The van der Waals surface area contributed by atoms with Gasteiger partial charge in [0.25, 0.3) is 0 Å². The van der Waals surface area contributed by atoms with Crippen molar-refractivity contribution in [3.63, 3.8) is 0 Å². The van der Waals surface area contributed by atoms with Gasteiger partial charge in [-0.05, 0) is 26.8 Å². The van der Waals surface area contributed by atoms with E-state index in [4.69, 9.17) is 4.74 Å². The summed E-state index contributed by atoms with van der Waals surface area (Å²) in [4.78, 5) is 4.63. The fourth-order valence-electron chi connectivity index (χ4n) is 2.22. The summed E-state index contributed by atoms with van der Waals surface area (Å²) in [5.41, 5.74) is 2.09. The zero-order valence-electron chi connectivity index (χ0n) is 12.5. The zero-order valence-corrected chi connectivity index (χ0v) is 13.3. The van der Waals surface area contributed by atoms with E-state index in [1.807, 2.05) is 11.6 Å². The van der Waals surface area contributed by atoms with Gasteiger partial charge in [0.05, 0.1) is 30.1 Å². The van der Waals surface area contributed by atoms with E-state index in [1.165, 1.54) is 0 Å². The number of nitrogens with zero attached hydrogens (tertiary/aromatic N) is 3. The highest BCUT2D eigenvalue weighted by atomic mass is 32.1. The minimum absolute atomic E-state index is 0.0253. The minimum atomic E-state index is 0.0253. The lowest BCUT2D eigenvalue weighted by atomic mass is 10.1. The van der Waals surface area contributed by atoms with Crippen LogP contribution in [0.25, 0.3) is 0 Å². The molecule has 0 aliphatic heterocycles. The van der Waals surface area contributed by atoms with E-state index in [-0.39, 0.29) is 6.04 Å². The fraction of sp³-hybridized carbons (Fsp3) is 0.571. The molecule has 1 unspecified atom stereocenters. The normalized spacial score (nSPS) is 12.6. The first-order chi connectivity index (χ1) is 9.71. The average molecular weight is 294 g/mol. The van der Waals surface area contributed by atoms with Gasteiger partial charge in [-0.25, -0.2) is 4.98 Å². The third-order valence-corrected chi connectivity index (χ3v) is 3.96. The molecule has 0 spiro atoms. The lowest BCUT2D eigenvalue weighted by Crippen LogP contribution is -2.26. The summed E-state index contributed by atoms with van der Waals surface area (Å²) >= 11 is 1.67. The number of aromatic nitrogens is 3.